The molecule has 3 rings (SSSR count). The SMILES string of the molecule is COc1cnn(C)c1C(N)c1ccc2cc(Br)ccc2c1. The van der Waals surface area contributed by atoms with Gasteiger partial charge in [-0.2, -0.15) is 5.10 Å². The van der Waals surface area contributed by atoms with Gasteiger partial charge in [-0.15, -0.1) is 0 Å². The Morgan fingerprint density at radius 3 is 2.67 bits per heavy atom. The number of hydrogen-bond acceptors (Lipinski definition) is 3. The van der Waals surface area contributed by atoms with Crippen molar-refractivity contribution in [2.75, 3.05) is 7.11 Å². The second kappa shape index (κ2) is 5.50. The van der Waals surface area contributed by atoms with Crippen LogP contribution in [-0.2, 0) is 7.05 Å². The summed E-state index contributed by atoms with van der Waals surface area (Å²) in [6, 6.07) is 12.2. The molecular formula is C16H16BrN3O. The molecule has 3 aromatic rings. The Morgan fingerprint density at radius 2 is 1.90 bits per heavy atom. The van der Waals surface area contributed by atoms with Gasteiger partial charge in [0.05, 0.1) is 19.3 Å². The van der Waals surface area contributed by atoms with Gasteiger partial charge in [-0.05, 0) is 34.5 Å². The second-order valence-electron chi connectivity index (χ2n) is 4.95. The zero-order valence-electron chi connectivity index (χ0n) is 11.9. The molecule has 5 heteroatoms. The van der Waals surface area contributed by atoms with Crippen molar-refractivity contribution in [2.45, 2.75) is 6.04 Å². The molecule has 2 aromatic carbocycles. The maximum absolute atomic E-state index is 6.41. The average Bonchev–Trinajstić information content (AvgIpc) is 2.86. The van der Waals surface area contributed by atoms with Crippen LogP contribution in [0.15, 0.2) is 47.1 Å². The third kappa shape index (κ3) is 2.54. The first kappa shape index (κ1) is 14.1. The highest BCUT2D eigenvalue weighted by Crippen LogP contribution is 2.30. The van der Waals surface area contributed by atoms with E-state index in [0.717, 1.165) is 21.1 Å². The molecule has 1 atom stereocenters. The molecule has 0 saturated carbocycles. The maximum atomic E-state index is 6.41. The Labute approximate surface area is 131 Å². The number of rotatable bonds is 3. The molecule has 0 spiro atoms. The molecule has 1 unspecified atom stereocenters. The third-order valence-electron chi connectivity index (χ3n) is 3.65. The highest BCUT2D eigenvalue weighted by atomic mass is 79.9. The smallest absolute Gasteiger partial charge is 0.161 e. The molecule has 0 aliphatic heterocycles. The lowest BCUT2D eigenvalue weighted by Gasteiger charge is -2.15. The zero-order valence-corrected chi connectivity index (χ0v) is 13.5. The number of halogens is 1. The van der Waals surface area contributed by atoms with Crippen LogP contribution in [0.25, 0.3) is 10.8 Å². The molecule has 1 aromatic heterocycles. The van der Waals surface area contributed by atoms with Gasteiger partial charge >= 0.3 is 0 Å². The van der Waals surface area contributed by atoms with E-state index in [9.17, 15) is 0 Å². The van der Waals surface area contributed by atoms with Crippen molar-refractivity contribution in [1.29, 1.82) is 0 Å². The van der Waals surface area contributed by atoms with E-state index in [1.165, 1.54) is 5.39 Å². The normalized spacial score (nSPS) is 12.6. The highest BCUT2D eigenvalue weighted by molar-refractivity contribution is 9.10. The zero-order chi connectivity index (χ0) is 15.0. The topological polar surface area (TPSA) is 53.1 Å². The molecule has 0 aliphatic carbocycles. The fourth-order valence-corrected chi connectivity index (χ4v) is 2.90. The number of aryl methyl sites for hydroxylation is 1. The second-order valence-corrected chi connectivity index (χ2v) is 5.87. The Morgan fingerprint density at radius 1 is 1.19 bits per heavy atom. The van der Waals surface area contributed by atoms with Gasteiger partial charge in [-0.3, -0.25) is 4.68 Å². The predicted octanol–water partition coefficient (Wildman–Crippen LogP) is 3.39. The first-order valence-corrected chi connectivity index (χ1v) is 7.40. The molecule has 0 aliphatic rings. The minimum absolute atomic E-state index is 0.277. The van der Waals surface area contributed by atoms with Crippen LogP contribution < -0.4 is 10.5 Å². The van der Waals surface area contributed by atoms with Gasteiger partial charge < -0.3 is 10.5 Å². The molecular weight excluding hydrogens is 330 g/mol. The van der Waals surface area contributed by atoms with E-state index in [0.29, 0.717) is 5.75 Å². The molecule has 0 fully saturated rings. The monoisotopic (exact) mass is 345 g/mol. The first-order chi connectivity index (χ1) is 10.1. The van der Waals surface area contributed by atoms with E-state index in [-0.39, 0.29) is 6.04 Å². The summed E-state index contributed by atoms with van der Waals surface area (Å²) in [7, 11) is 3.50. The van der Waals surface area contributed by atoms with Gasteiger partial charge in [0, 0.05) is 11.5 Å². The van der Waals surface area contributed by atoms with Crippen LogP contribution in [0.1, 0.15) is 17.3 Å². The summed E-state index contributed by atoms with van der Waals surface area (Å²) >= 11 is 3.49. The third-order valence-corrected chi connectivity index (χ3v) is 4.14. The van der Waals surface area contributed by atoms with Gasteiger partial charge in [0.15, 0.2) is 5.75 Å². The standard InChI is InChI=1S/C16H16BrN3O/c1-20-16(14(21-2)9-19-20)15(18)12-4-3-11-8-13(17)6-5-10(11)7-12/h3-9,15H,18H2,1-2H3. The molecule has 4 nitrogen and oxygen atoms in total. The van der Waals surface area contributed by atoms with Crippen LogP contribution in [0, 0.1) is 0 Å². The number of aromatic nitrogens is 2. The lowest BCUT2D eigenvalue weighted by molar-refractivity contribution is 0.406. The summed E-state index contributed by atoms with van der Waals surface area (Å²) < 4.78 is 8.17. The van der Waals surface area contributed by atoms with E-state index in [2.05, 4.69) is 45.3 Å². The van der Waals surface area contributed by atoms with Crippen molar-refractivity contribution in [3.8, 4) is 5.75 Å². The van der Waals surface area contributed by atoms with Crippen LogP contribution in [-0.4, -0.2) is 16.9 Å². The summed E-state index contributed by atoms with van der Waals surface area (Å²) in [5.41, 5.74) is 8.31. The Hall–Kier alpha value is -1.85. The highest BCUT2D eigenvalue weighted by Gasteiger charge is 2.19. The summed E-state index contributed by atoms with van der Waals surface area (Å²) in [6.07, 6.45) is 1.69. The Balaban J connectivity index is 2.07. The molecule has 2 N–H and O–H groups in total. The molecule has 0 radical (unpaired) electrons. The lowest BCUT2D eigenvalue weighted by atomic mass is 10.00. The van der Waals surface area contributed by atoms with Gasteiger partial charge in [0.25, 0.3) is 0 Å². The minimum Gasteiger partial charge on any atom is -0.493 e. The largest absolute Gasteiger partial charge is 0.493 e. The van der Waals surface area contributed by atoms with Crippen molar-refractivity contribution < 1.29 is 4.74 Å². The molecule has 1 heterocycles. The maximum Gasteiger partial charge on any atom is 0.161 e. The number of nitrogens with zero attached hydrogens (tertiary/aromatic N) is 2. The average molecular weight is 346 g/mol. The lowest BCUT2D eigenvalue weighted by Crippen LogP contribution is -2.16. The van der Waals surface area contributed by atoms with Crippen LogP contribution in [0.4, 0.5) is 0 Å². The molecule has 108 valence electrons. The van der Waals surface area contributed by atoms with Crippen molar-refractivity contribution in [1.82, 2.24) is 9.78 Å². The summed E-state index contributed by atoms with van der Waals surface area (Å²) in [4.78, 5) is 0. The summed E-state index contributed by atoms with van der Waals surface area (Å²) in [5.74, 6) is 0.709. The predicted molar refractivity (Wildman–Crippen MR) is 87.4 cm³/mol. The molecule has 0 bridgehead atoms. The van der Waals surface area contributed by atoms with Crippen molar-refractivity contribution in [3.63, 3.8) is 0 Å². The van der Waals surface area contributed by atoms with Crippen LogP contribution >= 0.6 is 15.9 Å². The quantitative estimate of drug-likeness (QED) is 0.791. The van der Waals surface area contributed by atoms with E-state index in [1.54, 1.807) is 18.0 Å². The number of fused-ring (bicyclic) bond motifs is 1. The van der Waals surface area contributed by atoms with Gasteiger partial charge in [-0.1, -0.05) is 34.1 Å². The van der Waals surface area contributed by atoms with Gasteiger partial charge in [-0.25, -0.2) is 0 Å². The van der Waals surface area contributed by atoms with Crippen LogP contribution in [0.3, 0.4) is 0 Å². The number of benzene rings is 2. The van der Waals surface area contributed by atoms with Crippen molar-refractivity contribution in [2.24, 2.45) is 12.8 Å². The fourth-order valence-electron chi connectivity index (χ4n) is 2.53. The number of methoxy groups -OCH3 is 1. The Kier molecular flexibility index (Phi) is 3.69. The van der Waals surface area contributed by atoms with Gasteiger partial charge in [0.1, 0.15) is 5.69 Å². The van der Waals surface area contributed by atoms with E-state index in [4.69, 9.17) is 10.5 Å². The van der Waals surface area contributed by atoms with Crippen molar-refractivity contribution >= 4 is 26.7 Å². The molecule has 0 amide bonds. The summed E-state index contributed by atoms with van der Waals surface area (Å²) in [6.45, 7) is 0. The van der Waals surface area contributed by atoms with E-state index in [1.807, 2.05) is 19.2 Å². The number of ether oxygens (including phenoxy) is 1. The van der Waals surface area contributed by atoms with E-state index < -0.39 is 0 Å². The van der Waals surface area contributed by atoms with Crippen LogP contribution in [0.2, 0.25) is 0 Å². The van der Waals surface area contributed by atoms with Crippen LogP contribution in [0.5, 0.6) is 5.75 Å². The fraction of sp³-hybridized carbons (Fsp3) is 0.188. The van der Waals surface area contributed by atoms with Crippen molar-refractivity contribution in [3.05, 3.63) is 58.3 Å². The Bertz CT molecular complexity index is 797. The summed E-state index contributed by atoms with van der Waals surface area (Å²) in [5, 5.41) is 6.55. The number of nitrogens with two attached hydrogens (primary N) is 1. The molecule has 0 saturated heterocycles. The van der Waals surface area contributed by atoms with E-state index >= 15 is 0 Å². The number of hydrogen-bond donors (Lipinski definition) is 1. The minimum atomic E-state index is -0.277. The first-order valence-electron chi connectivity index (χ1n) is 6.61. The van der Waals surface area contributed by atoms with Gasteiger partial charge in [0.2, 0.25) is 0 Å². The molecule has 21 heavy (non-hydrogen) atoms.